The summed E-state index contributed by atoms with van der Waals surface area (Å²) >= 11 is 0. The Morgan fingerprint density at radius 2 is 1.12 bits per heavy atom. The van der Waals surface area contributed by atoms with E-state index in [-0.39, 0.29) is 0 Å². The van der Waals surface area contributed by atoms with Gasteiger partial charge in [0.2, 0.25) is 0 Å². The fourth-order valence-electron chi connectivity index (χ4n) is 5.53. The maximum absolute atomic E-state index is 2.39. The molecule has 2 aromatic heterocycles. The van der Waals surface area contributed by atoms with Gasteiger partial charge in [-0.3, -0.25) is 0 Å². The lowest BCUT2D eigenvalue weighted by Crippen LogP contribution is -1.93. The molecule has 0 spiro atoms. The van der Waals surface area contributed by atoms with Crippen LogP contribution in [0.25, 0.3) is 60.4 Å². The molecule has 0 aliphatic rings. The van der Waals surface area contributed by atoms with E-state index < -0.39 is 0 Å². The first kappa shape index (κ1) is 18.3. The second kappa shape index (κ2) is 6.85. The normalized spacial score (nSPS) is 11.8. The molecule has 2 heterocycles. The van der Waals surface area contributed by atoms with E-state index in [1.54, 1.807) is 0 Å². The van der Waals surface area contributed by atoms with Crippen LogP contribution in [0.1, 0.15) is 0 Å². The van der Waals surface area contributed by atoms with Gasteiger partial charge >= 0.3 is 0 Å². The van der Waals surface area contributed by atoms with Crippen molar-refractivity contribution < 1.29 is 0 Å². The molecule has 5 aromatic carbocycles. The molecule has 2 nitrogen and oxygen atoms in total. The van der Waals surface area contributed by atoms with Gasteiger partial charge in [-0.25, -0.2) is 0 Å². The van der Waals surface area contributed by atoms with Crippen LogP contribution in [0.3, 0.4) is 0 Å². The van der Waals surface area contributed by atoms with Crippen LogP contribution in [0, 0.1) is 0 Å². The maximum Gasteiger partial charge on any atom is 0.0568 e. The fourth-order valence-corrected chi connectivity index (χ4v) is 5.53. The number of aromatic nitrogens is 2. The van der Waals surface area contributed by atoms with Crippen LogP contribution in [0.2, 0.25) is 0 Å². The summed E-state index contributed by atoms with van der Waals surface area (Å²) in [6.45, 7) is 0. The molecular formula is C31H22N2. The van der Waals surface area contributed by atoms with E-state index in [0.717, 1.165) is 0 Å². The predicted octanol–water partition coefficient (Wildman–Crippen LogP) is 8.10. The Morgan fingerprint density at radius 1 is 0.485 bits per heavy atom. The van der Waals surface area contributed by atoms with Crippen LogP contribution in [0.4, 0.5) is 0 Å². The second-order valence-corrected chi connectivity index (χ2v) is 8.67. The van der Waals surface area contributed by atoms with Gasteiger partial charge in [-0.2, -0.15) is 0 Å². The molecule has 0 bridgehead atoms. The Hall–Kier alpha value is -4.30. The summed E-state index contributed by atoms with van der Waals surface area (Å²) in [6.07, 6.45) is 0. The molecule has 7 rings (SSSR count). The highest BCUT2D eigenvalue weighted by Crippen LogP contribution is 2.42. The number of hydrogen-bond acceptors (Lipinski definition) is 0. The smallest absolute Gasteiger partial charge is 0.0568 e. The van der Waals surface area contributed by atoms with Gasteiger partial charge in [0.05, 0.1) is 16.6 Å². The van der Waals surface area contributed by atoms with Crippen LogP contribution in [-0.2, 0) is 7.05 Å². The number of benzene rings is 5. The summed E-state index contributed by atoms with van der Waals surface area (Å²) in [5.41, 5.74) is 8.73. The standard InChI is InChI=1S/C31H22N2/c1-32-27-19-20-28-29(24-15-8-9-18-26(24)33(28)22-13-6-3-7-14-22)30(27)25-17-10-16-23(31(25)32)21-11-4-2-5-12-21/h2-20H,1H3. The molecule has 0 N–H and O–H groups in total. The van der Waals surface area contributed by atoms with E-state index >= 15 is 0 Å². The van der Waals surface area contributed by atoms with Crippen molar-refractivity contribution in [2.75, 3.05) is 0 Å². The van der Waals surface area contributed by atoms with Crippen LogP contribution in [0.15, 0.2) is 115 Å². The number of nitrogens with zero attached hydrogens (tertiary/aromatic N) is 2. The summed E-state index contributed by atoms with van der Waals surface area (Å²) in [6, 6.07) is 41.4. The monoisotopic (exact) mass is 422 g/mol. The molecule has 0 atom stereocenters. The van der Waals surface area contributed by atoms with Crippen molar-refractivity contribution in [2.45, 2.75) is 0 Å². The molecular weight excluding hydrogens is 400 g/mol. The fraction of sp³-hybridized carbons (Fsp3) is 0.0323. The van der Waals surface area contributed by atoms with Gasteiger partial charge in [0.1, 0.15) is 0 Å². The third kappa shape index (κ3) is 2.49. The molecule has 0 aliphatic heterocycles. The number of hydrogen-bond donors (Lipinski definition) is 0. The van der Waals surface area contributed by atoms with E-state index in [0.29, 0.717) is 0 Å². The van der Waals surface area contributed by atoms with Crippen molar-refractivity contribution in [3.8, 4) is 16.8 Å². The minimum Gasteiger partial charge on any atom is -0.343 e. The molecule has 0 unspecified atom stereocenters. The lowest BCUT2D eigenvalue weighted by atomic mass is 10.0. The first-order valence-corrected chi connectivity index (χ1v) is 11.4. The van der Waals surface area contributed by atoms with E-state index in [9.17, 15) is 0 Å². The lowest BCUT2D eigenvalue weighted by Gasteiger charge is -2.07. The van der Waals surface area contributed by atoms with Gasteiger partial charge in [0, 0.05) is 45.4 Å². The van der Waals surface area contributed by atoms with Crippen LogP contribution in [-0.4, -0.2) is 9.13 Å². The Kier molecular flexibility index (Phi) is 3.80. The average Bonchev–Trinajstić information content (AvgIpc) is 3.37. The van der Waals surface area contributed by atoms with Crippen molar-refractivity contribution in [2.24, 2.45) is 7.05 Å². The number of aryl methyl sites for hydroxylation is 1. The molecule has 33 heavy (non-hydrogen) atoms. The number of fused-ring (bicyclic) bond motifs is 7. The minimum atomic E-state index is 1.19. The molecule has 156 valence electrons. The largest absolute Gasteiger partial charge is 0.343 e. The van der Waals surface area contributed by atoms with Crippen LogP contribution < -0.4 is 0 Å². The Bertz CT molecular complexity index is 1800. The predicted molar refractivity (Wildman–Crippen MR) is 140 cm³/mol. The average molecular weight is 423 g/mol. The molecule has 0 radical (unpaired) electrons. The second-order valence-electron chi connectivity index (χ2n) is 8.67. The van der Waals surface area contributed by atoms with Crippen LogP contribution in [0.5, 0.6) is 0 Å². The molecule has 0 aliphatic carbocycles. The van der Waals surface area contributed by atoms with E-state index in [1.165, 1.54) is 60.4 Å². The molecule has 0 saturated heterocycles. The summed E-state index contributed by atoms with van der Waals surface area (Å²) in [7, 11) is 2.19. The van der Waals surface area contributed by atoms with Crippen molar-refractivity contribution >= 4 is 43.6 Å². The molecule has 2 heteroatoms. The zero-order chi connectivity index (χ0) is 21.9. The summed E-state index contributed by atoms with van der Waals surface area (Å²) in [4.78, 5) is 0. The van der Waals surface area contributed by atoms with Gasteiger partial charge < -0.3 is 9.13 Å². The minimum absolute atomic E-state index is 1.19. The third-order valence-corrected chi connectivity index (χ3v) is 6.92. The maximum atomic E-state index is 2.39. The van der Waals surface area contributed by atoms with Gasteiger partial charge in [0.25, 0.3) is 0 Å². The molecule has 0 fully saturated rings. The van der Waals surface area contributed by atoms with E-state index in [4.69, 9.17) is 0 Å². The highest BCUT2D eigenvalue weighted by molar-refractivity contribution is 6.29. The first-order chi connectivity index (χ1) is 16.3. The third-order valence-electron chi connectivity index (χ3n) is 6.92. The highest BCUT2D eigenvalue weighted by Gasteiger charge is 2.20. The highest BCUT2D eigenvalue weighted by atomic mass is 15.0. The first-order valence-electron chi connectivity index (χ1n) is 11.4. The number of rotatable bonds is 2. The van der Waals surface area contributed by atoms with Gasteiger partial charge in [0.15, 0.2) is 0 Å². The van der Waals surface area contributed by atoms with Gasteiger partial charge in [-0.05, 0) is 35.9 Å². The molecule has 0 saturated carbocycles. The summed E-state index contributed by atoms with van der Waals surface area (Å²) in [5.74, 6) is 0. The zero-order valence-electron chi connectivity index (χ0n) is 18.4. The number of para-hydroxylation sites is 3. The SMILES string of the molecule is Cn1c2ccc3c(c4ccccc4n3-c3ccccc3)c2c2cccc(-c3ccccc3)c21. The molecule has 7 aromatic rings. The van der Waals surface area contributed by atoms with E-state index in [2.05, 4.69) is 131 Å². The van der Waals surface area contributed by atoms with Crippen LogP contribution >= 0.6 is 0 Å². The summed E-state index contributed by atoms with van der Waals surface area (Å²) < 4.78 is 4.76. The Morgan fingerprint density at radius 3 is 1.94 bits per heavy atom. The Balaban J connectivity index is 1.70. The lowest BCUT2D eigenvalue weighted by molar-refractivity contribution is 1.02. The van der Waals surface area contributed by atoms with Crippen molar-refractivity contribution in [3.63, 3.8) is 0 Å². The van der Waals surface area contributed by atoms with Gasteiger partial charge in [-0.15, -0.1) is 0 Å². The summed E-state index contributed by atoms with van der Waals surface area (Å²) in [5, 5.41) is 5.24. The van der Waals surface area contributed by atoms with E-state index in [1.807, 2.05) is 0 Å². The quantitative estimate of drug-likeness (QED) is 0.266. The van der Waals surface area contributed by atoms with Crippen molar-refractivity contribution in [3.05, 3.63) is 115 Å². The van der Waals surface area contributed by atoms with Crippen molar-refractivity contribution in [1.29, 1.82) is 0 Å². The van der Waals surface area contributed by atoms with Crippen molar-refractivity contribution in [1.82, 2.24) is 9.13 Å². The van der Waals surface area contributed by atoms with Gasteiger partial charge in [-0.1, -0.05) is 84.9 Å². The Labute approximate surface area is 191 Å². The molecule has 0 amide bonds. The zero-order valence-corrected chi connectivity index (χ0v) is 18.4. The topological polar surface area (TPSA) is 9.86 Å².